The lowest BCUT2D eigenvalue weighted by Gasteiger charge is -2.29. The van der Waals surface area contributed by atoms with Gasteiger partial charge in [0.1, 0.15) is 5.82 Å². The summed E-state index contributed by atoms with van der Waals surface area (Å²) in [5.41, 5.74) is 0. The van der Waals surface area contributed by atoms with Crippen molar-refractivity contribution >= 4 is 11.7 Å². The van der Waals surface area contributed by atoms with E-state index in [-0.39, 0.29) is 18.0 Å². The number of amides is 1. The third-order valence-corrected chi connectivity index (χ3v) is 3.46. The lowest BCUT2D eigenvalue weighted by Crippen LogP contribution is -2.48. The molecule has 1 aromatic rings. The molecule has 18 heavy (non-hydrogen) atoms. The molecule has 0 radical (unpaired) electrons. The Bertz CT molecular complexity index is 413. The fourth-order valence-corrected chi connectivity index (χ4v) is 2.43. The van der Waals surface area contributed by atoms with Gasteiger partial charge in [0.2, 0.25) is 5.91 Å². The maximum Gasteiger partial charge on any atom is 0.242 e. The molecule has 0 spiro atoms. The van der Waals surface area contributed by atoms with Crippen molar-refractivity contribution in [3.05, 3.63) is 12.3 Å². The predicted molar refractivity (Wildman–Crippen MR) is 71.4 cm³/mol. The Morgan fingerprint density at radius 2 is 2.39 bits per heavy atom. The lowest BCUT2D eigenvalue weighted by molar-refractivity contribution is -0.119. The summed E-state index contributed by atoms with van der Waals surface area (Å²) >= 11 is 0. The number of carbonyl (C=O) groups excluding carboxylic acids is 1. The fraction of sp³-hybridized carbons (Fsp3) is 0.692. The summed E-state index contributed by atoms with van der Waals surface area (Å²) < 4.78 is 1.82. The number of nitrogens with one attached hydrogen (secondary N) is 2. The van der Waals surface area contributed by atoms with E-state index >= 15 is 0 Å². The van der Waals surface area contributed by atoms with Crippen molar-refractivity contribution in [1.82, 2.24) is 15.1 Å². The van der Waals surface area contributed by atoms with Gasteiger partial charge in [-0.2, -0.15) is 5.10 Å². The van der Waals surface area contributed by atoms with Crippen LogP contribution >= 0.6 is 0 Å². The number of aromatic nitrogens is 2. The predicted octanol–water partition coefficient (Wildman–Crippen LogP) is 1.79. The third kappa shape index (κ3) is 2.72. The van der Waals surface area contributed by atoms with Gasteiger partial charge < -0.3 is 10.6 Å². The van der Waals surface area contributed by atoms with Crippen molar-refractivity contribution < 1.29 is 4.79 Å². The molecule has 2 N–H and O–H groups in total. The van der Waals surface area contributed by atoms with Crippen LogP contribution in [0.25, 0.3) is 0 Å². The van der Waals surface area contributed by atoms with Gasteiger partial charge in [-0.3, -0.25) is 4.79 Å². The highest BCUT2D eigenvalue weighted by Crippen LogP contribution is 2.18. The molecule has 5 nitrogen and oxygen atoms in total. The van der Waals surface area contributed by atoms with Crippen LogP contribution in [0.4, 0.5) is 5.82 Å². The Morgan fingerprint density at radius 3 is 3.06 bits per heavy atom. The summed E-state index contributed by atoms with van der Waals surface area (Å²) in [5, 5.41) is 10.5. The molecule has 1 aliphatic rings. The summed E-state index contributed by atoms with van der Waals surface area (Å²) in [6, 6.07) is 1.99. The summed E-state index contributed by atoms with van der Waals surface area (Å²) in [5.74, 6) is 1.20. The molecule has 2 unspecified atom stereocenters. The molecule has 1 fully saturated rings. The quantitative estimate of drug-likeness (QED) is 0.860. The van der Waals surface area contributed by atoms with Gasteiger partial charge in [0.15, 0.2) is 0 Å². The molecule has 2 atom stereocenters. The van der Waals surface area contributed by atoms with Crippen molar-refractivity contribution in [1.29, 1.82) is 0 Å². The minimum Gasteiger partial charge on any atom is -0.310 e. The highest BCUT2D eigenvalue weighted by Gasteiger charge is 2.27. The first kappa shape index (κ1) is 13.1. The number of rotatable bonds is 3. The average Bonchev–Trinajstić information content (AvgIpc) is 2.77. The smallest absolute Gasteiger partial charge is 0.242 e. The summed E-state index contributed by atoms with van der Waals surface area (Å²) in [6.45, 7) is 7.14. The van der Waals surface area contributed by atoms with E-state index in [4.69, 9.17) is 0 Å². The fourth-order valence-electron chi connectivity index (χ4n) is 2.43. The van der Waals surface area contributed by atoms with Crippen LogP contribution < -0.4 is 10.6 Å². The standard InChI is InChI=1S/C13H22N4O/c1-9(2)17-11(6-8-15-17)16-13(18)12-10(3)5-4-7-14-12/h6,8-10,12,14H,4-5,7H2,1-3H3,(H,16,18). The molecule has 0 bridgehead atoms. The largest absolute Gasteiger partial charge is 0.310 e. The molecule has 0 aromatic carbocycles. The second-order valence-electron chi connectivity index (χ2n) is 5.30. The van der Waals surface area contributed by atoms with Gasteiger partial charge >= 0.3 is 0 Å². The molecule has 100 valence electrons. The zero-order valence-corrected chi connectivity index (χ0v) is 11.3. The highest BCUT2D eigenvalue weighted by atomic mass is 16.2. The van der Waals surface area contributed by atoms with Crippen LogP contribution in [0.2, 0.25) is 0 Å². The molecular weight excluding hydrogens is 228 g/mol. The van der Waals surface area contributed by atoms with Gasteiger partial charge in [-0.15, -0.1) is 0 Å². The Hall–Kier alpha value is -1.36. The van der Waals surface area contributed by atoms with Crippen LogP contribution in [0, 0.1) is 5.92 Å². The van der Waals surface area contributed by atoms with Crippen molar-refractivity contribution in [2.75, 3.05) is 11.9 Å². The van der Waals surface area contributed by atoms with Gasteiger partial charge in [-0.1, -0.05) is 6.92 Å². The molecule has 5 heteroatoms. The van der Waals surface area contributed by atoms with Crippen LogP contribution in [0.5, 0.6) is 0 Å². The molecule has 1 saturated heterocycles. The van der Waals surface area contributed by atoms with E-state index in [9.17, 15) is 4.79 Å². The van der Waals surface area contributed by atoms with Crippen LogP contribution in [0.1, 0.15) is 39.7 Å². The summed E-state index contributed by atoms with van der Waals surface area (Å²) in [6.07, 6.45) is 3.97. The number of hydrogen-bond acceptors (Lipinski definition) is 3. The maximum atomic E-state index is 12.2. The van der Waals surface area contributed by atoms with Crippen molar-refractivity contribution in [2.24, 2.45) is 5.92 Å². The highest BCUT2D eigenvalue weighted by molar-refractivity contribution is 5.94. The van der Waals surface area contributed by atoms with Crippen molar-refractivity contribution in [3.8, 4) is 0 Å². The van der Waals surface area contributed by atoms with E-state index in [1.807, 2.05) is 24.6 Å². The average molecular weight is 250 g/mol. The van der Waals surface area contributed by atoms with Gasteiger partial charge in [-0.25, -0.2) is 4.68 Å². The zero-order valence-electron chi connectivity index (χ0n) is 11.3. The molecule has 1 aromatic heterocycles. The normalized spacial score (nSPS) is 24.2. The van der Waals surface area contributed by atoms with Gasteiger partial charge in [0, 0.05) is 12.1 Å². The Morgan fingerprint density at radius 1 is 1.61 bits per heavy atom. The van der Waals surface area contributed by atoms with E-state index in [2.05, 4.69) is 22.7 Å². The minimum absolute atomic E-state index is 0.0459. The number of hydrogen-bond donors (Lipinski definition) is 2. The third-order valence-electron chi connectivity index (χ3n) is 3.46. The number of carbonyl (C=O) groups is 1. The number of piperidine rings is 1. The Labute approximate surface area is 108 Å². The van der Waals surface area contributed by atoms with Gasteiger partial charge in [0.05, 0.1) is 12.2 Å². The molecule has 2 heterocycles. The van der Waals surface area contributed by atoms with Crippen molar-refractivity contribution in [2.45, 2.75) is 45.7 Å². The van der Waals surface area contributed by atoms with E-state index in [1.165, 1.54) is 0 Å². The second-order valence-corrected chi connectivity index (χ2v) is 5.30. The zero-order chi connectivity index (χ0) is 13.1. The van der Waals surface area contributed by atoms with Crippen LogP contribution in [-0.4, -0.2) is 28.3 Å². The molecule has 0 aliphatic carbocycles. The second kappa shape index (κ2) is 5.52. The van der Waals surface area contributed by atoms with Crippen molar-refractivity contribution in [3.63, 3.8) is 0 Å². The van der Waals surface area contributed by atoms with E-state index in [1.54, 1.807) is 6.20 Å². The van der Waals surface area contributed by atoms with Gasteiger partial charge in [-0.05, 0) is 39.2 Å². The first-order valence-corrected chi connectivity index (χ1v) is 6.67. The van der Waals surface area contributed by atoms with Crippen LogP contribution in [-0.2, 0) is 4.79 Å². The first-order chi connectivity index (χ1) is 8.59. The molecular formula is C13H22N4O. The molecule has 1 amide bonds. The first-order valence-electron chi connectivity index (χ1n) is 6.67. The minimum atomic E-state index is -0.0886. The van der Waals surface area contributed by atoms with E-state index < -0.39 is 0 Å². The summed E-state index contributed by atoms with van der Waals surface area (Å²) in [7, 11) is 0. The number of nitrogens with zero attached hydrogens (tertiary/aromatic N) is 2. The van der Waals surface area contributed by atoms with Crippen LogP contribution in [0.3, 0.4) is 0 Å². The molecule has 0 saturated carbocycles. The molecule has 1 aliphatic heterocycles. The maximum absolute atomic E-state index is 12.2. The van der Waals surface area contributed by atoms with E-state index in [0.29, 0.717) is 5.92 Å². The van der Waals surface area contributed by atoms with Gasteiger partial charge in [0.25, 0.3) is 0 Å². The van der Waals surface area contributed by atoms with E-state index in [0.717, 1.165) is 25.2 Å². The molecule has 2 rings (SSSR count). The number of anilines is 1. The lowest BCUT2D eigenvalue weighted by atomic mass is 9.92. The Balaban J connectivity index is 2.04. The monoisotopic (exact) mass is 250 g/mol. The van der Waals surface area contributed by atoms with Crippen LogP contribution in [0.15, 0.2) is 12.3 Å². The topological polar surface area (TPSA) is 59.0 Å². The summed E-state index contributed by atoms with van der Waals surface area (Å²) in [4.78, 5) is 12.2. The Kier molecular flexibility index (Phi) is 4.01. The SMILES string of the molecule is CC1CCCNC1C(=O)Nc1ccnn1C(C)C.